The van der Waals surface area contributed by atoms with Gasteiger partial charge < -0.3 is 9.64 Å². The Balaban J connectivity index is 0.000000243. The van der Waals surface area contributed by atoms with Gasteiger partial charge in [0.15, 0.2) is 0 Å². The summed E-state index contributed by atoms with van der Waals surface area (Å²) in [4.78, 5) is 26.2. The summed E-state index contributed by atoms with van der Waals surface area (Å²) in [6, 6.07) is 12.0. The number of carbonyl (C=O) groups excluding carboxylic acids is 2. The SMILES string of the molecule is COC(=O)C1CCC(c2ccc3c(c2)CN(C2CC2)C3=O)CCS1.Cc1cccc(F)c1C. The molecule has 2 aliphatic heterocycles. The minimum Gasteiger partial charge on any atom is -0.468 e. The standard InChI is InChI=1S/C19H23NO3S.C8H9F/c1-23-19(22)17-7-3-12(8-9-24-17)13-2-6-16-14(10-13)11-20(18(16)21)15-4-5-15;1-6-4-3-5-8(9)7(6)2/h2,6,10,12,15,17H,3-5,7-9,11H2,1H3;3-5H,1-2H3. The van der Waals surface area contributed by atoms with E-state index in [0.717, 1.165) is 61.1 Å². The molecule has 0 radical (unpaired) electrons. The van der Waals surface area contributed by atoms with Gasteiger partial charge in [-0.15, -0.1) is 11.8 Å². The molecule has 1 saturated heterocycles. The van der Waals surface area contributed by atoms with Gasteiger partial charge >= 0.3 is 5.97 Å². The molecule has 176 valence electrons. The van der Waals surface area contributed by atoms with Crippen LogP contribution in [-0.4, -0.2) is 40.9 Å². The van der Waals surface area contributed by atoms with E-state index < -0.39 is 0 Å². The van der Waals surface area contributed by atoms with Crippen LogP contribution in [0.1, 0.15) is 70.6 Å². The minimum atomic E-state index is -0.116. The van der Waals surface area contributed by atoms with Crippen molar-refractivity contribution in [2.75, 3.05) is 12.9 Å². The highest BCUT2D eigenvalue weighted by Crippen LogP contribution is 2.38. The Hall–Kier alpha value is -2.34. The van der Waals surface area contributed by atoms with Gasteiger partial charge in [0.05, 0.1) is 7.11 Å². The van der Waals surface area contributed by atoms with E-state index in [4.69, 9.17) is 4.74 Å². The van der Waals surface area contributed by atoms with E-state index in [9.17, 15) is 14.0 Å². The van der Waals surface area contributed by atoms with Gasteiger partial charge in [-0.1, -0.05) is 24.3 Å². The number of fused-ring (bicyclic) bond motifs is 1. The van der Waals surface area contributed by atoms with Crippen LogP contribution in [0.3, 0.4) is 0 Å². The number of hydrogen-bond acceptors (Lipinski definition) is 4. The Morgan fingerprint density at radius 2 is 1.88 bits per heavy atom. The molecule has 5 rings (SSSR count). The Labute approximate surface area is 199 Å². The highest BCUT2D eigenvalue weighted by Gasteiger charge is 2.38. The van der Waals surface area contributed by atoms with Crippen molar-refractivity contribution in [3.63, 3.8) is 0 Å². The molecule has 0 N–H and O–H groups in total. The predicted molar refractivity (Wildman–Crippen MR) is 130 cm³/mol. The van der Waals surface area contributed by atoms with Crippen LogP contribution < -0.4 is 0 Å². The van der Waals surface area contributed by atoms with Gasteiger partial charge in [-0.2, -0.15) is 0 Å². The number of thioether (sulfide) groups is 1. The Morgan fingerprint density at radius 3 is 2.55 bits per heavy atom. The Bertz CT molecular complexity index is 1020. The van der Waals surface area contributed by atoms with Crippen LogP contribution in [0.5, 0.6) is 0 Å². The van der Waals surface area contributed by atoms with Gasteiger partial charge in [0.1, 0.15) is 11.1 Å². The van der Waals surface area contributed by atoms with Gasteiger partial charge in [0, 0.05) is 18.2 Å². The number of amides is 1. The van der Waals surface area contributed by atoms with E-state index in [2.05, 4.69) is 12.1 Å². The third-order valence-corrected chi connectivity index (χ3v) is 8.29. The van der Waals surface area contributed by atoms with Crippen molar-refractivity contribution in [3.05, 3.63) is 70.0 Å². The first-order chi connectivity index (χ1) is 15.9. The fraction of sp³-hybridized carbons (Fsp3) is 0.481. The van der Waals surface area contributed by atoms with E-state index in [1.165, 1.54) is 24.3 Å². The van der Waals surface area contributed by atoms with Crippen molar-refractivity contribution in [1.82, 2.24) is 4.90 Å². The largest absolute Gasteiger partial charge is 0.468 e. The topological polar surface area (TPSA) is 46.6 Å². The van der Waals surface area contributed by atoms with Gasteiger partial charge in [-0.3, -0.25) is 9.59 Å². The number of aryl methyl sites for hydroxylation is 1. The van der Waals surface area contributed by atoms with Crippen LogP contribution in [0.4, 0.5) is 4.39 Å². The lowest BCUT2D eigenvalue weighted by Gasteiger charge is -2.15. The van der Waals surface area contributed by atoms with Crippen molar-refractivity contribution >= 4 is 23.6 Å². The number of esters is 1. The highest BCUT2D eigenvalue weighted by atomic mass is 32.2. The maximum Gasteiger partial charge on any atom is 0.318 e. The van der Waals surface area contributed by atoms with E-state index >= 15 is 0 Å². The van der Waals surface area contributed by atoms with Gasteiger partial charge in [0.2, 0.25) is 0 Å². The first kappa shape index (κ1) is 23.8. The Kier molecular flexibility index (Phi) is 7.42. The number of hydrogen-bond donors (Lipinski definition) is 0. The number of benzene rings is 2. The van der Waals surface area contributed by atoms with Crippen LogP contribution in [-0.2, 0) is 16.1 Å². The van der Waals surface area contributed by atoms with E-state index in [1.807, 2.05) is 24.0 Å². The maximum absolute atomic E-state index is 12.6. The average Bonchev–Trinajstić information content (AvgIpc) is 3.64. The maximum atomic E-state index is 12.6. The van der Waals surface area contributed by atoms with Gasteiger partial charge in [-0.05, 0) is 92.0 Å². The van der Waals surface area contributed by atoms with Crippen LogP contribution >= 0.6 is 11.8 Å². The third-order valence-electron chi connectivity index (χ3n) is 6.99. The third kappa shape index (κ3) is 5.43. The Morgan fingerprint density at radius 1 is 1.09 bits per heavy atom. The smallest absolute Gasteiger partial charge is 0.318 e. The minimum absolute atomic E-state index is 0.0265. The normalized spacial score (nSPS) is 22.2. The molecule has 2 unspecified atom stereocenters. The van der Waals surface area contributed by atoms with Crippen molar-refractivity contribution in [2.24, 2.45) is 0 Å². The molecule has 0 bridgehead atoms. The zero-order chi connectivity index (χ0) is 23.5. The molecular formula is C27H32FNO3S. The van der Waals surface area contributed by atoms with Crippen LogP contribution in [0, 0.1) is 19.7 Å². The number of halogens is 1. The van der Waals surface area contributed by atoms with Crippen molar-refractivity contribution in [2.45, 2.75) is 69.7 Å². The molecule has 2 aromatic carbocycles. The van der Waals surface area contributed by atoms with Crippen LogP contribution in [0.15, 0.2) is 36.4 Å². The number of nitrogens with zero attached hydrogens (tertiary/aromatic N) is 1. The van der Waals surface area contributed by atoms with Crippen LogP contribution in [0.25, 0.3) is 0 Å². The van der Waals surface area contributed by atoms with Gasteiger partial charge in [-0.25, -0.2) is 4.39 Å². The summed E-state index contributed by atoms with van der Waals surface area (Å²) in [6.07, 6.45) is 5.26. The quantitative estimate of drug-likeness (QED) is 0.534. The number of ether oxygens (including phenoxy) is 1. The highest BCUT2D eigenvalue weighted by molar-refractivity contribution is 8.00. The molecule has 6 heteroatoms. The van der Waals surface area contributed by atoms with E-state index in [-0.39, 0.29) is 22.9 Å². The second kappa shape index (κ2) is 10.3. The summed E-state index contributed by atoms with van der Waals surface area (Å²) >= 11 is 1.72. The second-order valence-corrected chi connectivity index (χ2v) is 10.5. The molecule has 3 aliphatic rings. The fourth-order valence-electron chi connectivity index (χ4n) is 4.60. The molecule has 0 spiro atoms. The summed E-state index contributed by atoms with van der Waals surface area (Å²) in [5.74, 6) is 1.45. The molecule has 2 fully saturated rings. The zero-order valence-corrected chi connectivity index (χ0v) is 20.4. The first-order valence-corrected chi connectivity index (χ1v) is 12.8. The summed E-state index contributed by atoms with van der Waals surface area (Å²) in [5.41, 5.74) is 5.16. The molecule has 0 aromatic heterocycles. The summed E-state index contributed by atoms with van der Waals surface area (Å²) in [7, 11) is 1.47. The first-order valence-electron chi connectivity index (χ1n) is 11.7. The number of rotatable bonds is 3. The summed E-state index contributed by atoms with van der Waals surface area (Å²) < 4.78 is 17.5. The molecule has 4 nitrogen and oxygen atoms in total. The molecular weight excluding hydrogens is 437 g/mol. The lowest BCUT2D eigenvalue weighted by Crippen LogP contribution is -2.25. The fourth-order valence-corrected chi connectivity index (χ4v) is 5.84. The number of carbonyl (C=O) groups is 2. The number of methoxy groups -OCH3 is 1. The van der Waals surface area contributed by atoms with E-state index in [1.54, 1.807) is 24.8 Å². The molecule has 2 atom stereocenters. The summed E-state index contributed by atoms with van der Waals surface area (Å²) in [6.45, 7) is 4.46. The van der Waals surface area contributed by atoms with Crippen molar-refractivity contribution in [1.29, 1.82) is 0 Å². The zero-order valence-electron chi connectivity index (χ0n) is 19.6. The van der Waals surface area contributed by atoms with Crippen molar-refractivity contribution in [3.8, 4) is 0 Å². The summed E-state index contributed by atoms with van der Waals surface area (Å²) in [5, 5.41) is -0.0265. The molecule has 2 aromatic rings. The molecule has 1 aliphatic carbocycles. The van der Waals surface area contributed by atoms with Gasteiger partial charge in [0.25, 0.3) is 5.91 Å². The predicted octanol–water partition coefficient (Wildman–Crippen LogP) is 5.79. The lowest BCUT2D eigenvalue weighted by molar-refractivity contribution is -0.140. The van der Waals surface area contributed by atoms with E-state index in [0.29, 0.717) is 12.0 Å². The molecule has 1 amide bonds. The second-order valence-electron chi connectivity index (χ2n) is 9.21. The molecule has 1 saturated carbocycles. The van der Waals surface area contributed by atoms with Crippen molar-refractivity contribution < 1.29 is 18.7 Å². The van der Waals surface area contributed by atoms with Crippen LogP contribution in [0.2, 0.25) is 0 Å². The molecule has 2 heterocycles. The monoisotopic (exact) mass is 469 g/mol. The lowest BCUT2D eigenvalue weighted by atomic mass is 9.89. The average molecular weight is 470 g/mol. The molecule has 33 heavy (non-hydrogen) atoms.